The van der Waals surface area contributed by atoms with Crippen LogP contribution in [0.25, 0.3) is 0 Å². The fraction of sp³-hybridized carbons (Fsp3) is 0.611. The van der Waals surface area contributed by atoms with Crippen LogP contribution >= 0.6 is 0 Å². The van der Waals surface area contributed by atoms with Gasteiger partial charge in [0.05, 0.1) is 0 Å². The van der Waals surface area contributed by atoms with Gasteiger partial charge in [-0.2, -0.15) is 0 Å². The molecule has 1 N–H and O–H groups in total. The molecule has 0 unspecified atom stereocenters. The van der Waals surface area contributed by atoms with E-state index in [1.807, 2.05) is 6.92 Å². The van der Waals surface area contributed by atoms with Gasteiger partial charge in [0.15, 0.2) is 0 Å². The third kappa shape index (κ3) is 11.7. The highest BCUT2D eigenvalue weighted by Gasteiger charge is 1.95. The summed E-state index contributed by atoms with van der Waals surface area (Å²) < 4.78 is 0. The maximum absolute atomic E-state index is 7.09. The van der Waals surface area contributed by atoms with Gasteiger partial charge in [0.2, 0.25) is 0 Å². The van der Waals surface area contributed by atoms with Crippen molar-refractivity contribution in [3.8, 4) is 0 Å². The second-order valence-electron chi connectivity index (χ2n) is 6.30. The summed E-state index contributed by atoms with van der Waals surface area (Å²) in [6.07, 6.45) is 3.33. The maximum Gasteiger partial charge on any atom is 0.00583 e. The van der Waals surface area contributed by atoms with Gasteiger partial charge in [-0.1, -0.05) is 57.5 Å². The Hall–Kier alpha value is -1.11. The van der Waals surface area contributed by atoms with E-state index in [1.165, 1.54) is 17.5 Å². The van der Waals surface area contributed by atoms with E-state index in [9.17, 15) is 0 Å². The van der Waals surface area contributed by atoms with E-state index in [1.54, 1.807) is 0 Å². The Bertz CT molecular complexity index is 346. The Balaban J connectivity index is 0.000000362. The molecule has 1 nitrogen and oxygen atoms in total. The molecule has 0 aromatic heterocycles. The molecular weight excluding hydrogens is 230 g/mol. The van der Waals surface area contributed by atoms with Crippen LogP contribution in [0.1, 0.15) is 58.6 Å². The van der Waals surface area contributed by atoms with Crippen molar-refractivity contribution < 1.29 is 0 Å². The second-order valence-corrected chi connectivity index (χ2v) is 6.30. The highest BCUT2D eigenvalue weighted by Crippen LogP contribution is 2.08. The summed E-state index contributed by atoms with van der Waals surface area (Å²) in [5, 5.41) is 7.09. The minimum Gasteiger partial charge on any atom is -0.310 e. The first-order chi connectivity index (χ1) is 8.81. The lowest BCUT2D eigenvalue weighted by Crippen LogP contribution is -1.93. The molecule has 1 aromatic rings. The minimum atomic E-state index is 0.746. The molecule has 0 aliphatic rings. The molecule has 0 saturated carbocycles. The highest BCUT2D eigenvalue weighted by atomic mass is 14.4. The summed E-state index contributed by atoms with van der Waals surface area (Å²) in [5.41, 5.74) is 3.60. The Morgan fingerprint density at radius 1 is 1.00 bits per heavy atom. The lowest BCUT2D eigenvalue weighted by Gasteiger charge is -2.04. The van der Waals surface area contributed by atoms with Crippen LogP contribution < -0.4 is 0 Å². The average Bonchev–Trinajstić information content (AvgIpc) is 2.30. The third-order valence-electron chi connectivity index (χ3n) is 2.86. The molecule has 1 heteroatoms. The van der Waals surface area contributed by atoms with Crippen LogP contribution in [-0.4, -0.2) is 5.71 Å². The SMILES string of the molecule is CC(=N)CCC(C)C.Cc1ccc(CC(C)C)cc1. The smallest absolute Gasteiger partial charge is 0.00583 e. The molecule has 0 amide bonds. The fourth-order valence-electron chi connectivity index (χ4n) is 1.70. The first-order valence-electron chi connectivity index (χ1n) is 7.40. The number of hydrogen-bond acceptors (Lipinski definition) is 1. The van der Waals surface area contributed by atoms with Crippen LogP contribution in [0.4, 0.5) is 0 Å². The Labute approximate surface area is 120 Å². The zero-order chi connectivity index (χ0) is 14.8. The van der Waals surface area contributed by atoms with Crippen molar-refractivity contribution in [2.75, 3.05) is 0 Å². The number of aryl methyl sites for hydroxylation is 1. The standard InChI is InChI=1S/C11H16.C7H15N/c1-9(2)8-11-6-4-10(3)5-7-11;1-6(2)4-5-7(3)8/h4-7,9H,8H2,1-3H3;6,8H,4-5H2,1-3H3. The van der Waals surface area contributed by atoms with Crippen molar-refractivity contribution in [1.29, 1.82) is 5.41 Å². The topological polar surface area (TPSA) is 23.9 Å². The van der Waals surface area contributed by atoms with E-state index in [4.69, 9.17) is 5.41 Å². The summed E-state index contributed by atoms with van der Waals surface area (Å²) >= 11 is 0. The van der Waals surface area contributed by atoms with Crippen molar-refractivity contribution in [3.05, 3.63) is 35.4 Å². The number of hydrogen-bond donors (Lipinski definition) is 1. The largest absolute Gasteiger partial charge is 0.310 e. The molecule has 0 aliphatic carbocycles. The number of nitrogens with one attached hydrogen (secondary N) is 1. The lowest BCUT2D eigenvalue weighted by molar-refractivity contribution is 0.602. The highest BCUT2D eigenvalue weighted by molar-refractivity contribution is 5.78. The zero-order valence-corrected chi connectivity index (χ0v) is 13.6. The summed E-state index contributed by atoms with van der Waals surface area (Å²) in [5.74, 6) is 1.51. The van der Waals surface area contributed by atoms with Crippen LogP contribution in [0.3, 0.4) is 0 Å². The molecule has 0 saturated heterocycles. The molecule has 0 bridgehead atoms. The van der Waals surface area contributed by atoms with Crippen LogP contribution in [0.2, 0.25) is 0 Å². The lowest BCUT2D eigenvalue weighted by atomic mass is 10.0. The summed E-state index contributed by atoms with van der Waals surface area (Å²) in [6.45, 7) is 12.9. The van der Waals surface area contributed by atoms with Crippen molar-refractivity contribution in [2.24, 2.45) is 11.8 Å². The van der Waals surface area contributed by atoms with Gasteiger partial charge in [0, 0.05) is 5.71 Å². The molecule has 0 heterocycles. The summed E-state index contributed by atoms with van der Waals surface area (Å²) in [6, 6.07) is 8.79. The van der Waals surface area contributed by atoms with Gasteiger partial charge in [0.1, 0.15) is 0 Å². The van der Waals surface area contributed by atoms with Gasteiger partial charge < -0.3 is 5.41 Å². The van der Waals surface area contributed by atoms with Crippen molar-refractivity contribution >= 4 is 5.71 Å². The first kappa shape index (κ1) is 17.9. The molecule has 1 aromatic carbocycles. The first-order valence-corrected chi connectivity index (χ1v) is 7.40. The van der Waals surface area contributed by atoms with Gasteiger partial charge in [-0.15, -0.1) is 0 Å². The molecule has 19 heavy (non-hydrogen) atoms. The normalized spacial score (nSPS) is 10.3. The van der Waals surface area contributed by atoms with E-state index in [0.717, 1.165) is 30.4 Å². The van der Waals surface area contributed by atoms with Gasteiger partial charge in [-0.3, -0.25) is 0 Å². The van der Waals surface area contributed by atoms with Crippen LogP contribution in [0.5, 0.6) is 0 Å². The second kappa shape index (κ2) is 9.77. The number of benzene rings is 1. The van der Waals surface area contributed by atoms with Crippen LogP contribution in [0, 0.1) is 24.2 Å². The molecular formula is C18H31N. The van der Waals surface area contributed by atoms with E-state index < -0.39 is 0 Å². The van der Waals surface area contributed by atoms with E-state index in [-0.39, 0.29) is 0 Å². The van der Waals surface area contributed by atoms with E-state index in [2.05, 4.69) is 58.9 Å². The third-order valence-corrected chi connectivity index (χ3v) is 2.86. The van der Waals surface area contributed by atoms with Crippen LogP contribution in [-0.2, 0) is 6.42 Å². The summed E-state index contributed by atoms with van der Waals surface area (Å²) in [4.78, 5) is 0. The molecule has 0 fully saturated rings. The van der Waals surface area contributed by atoms with E-state index in [0.29, 0.717) is 0 Å². The Morgan fingerprint density at radius 3 is 1.84 bits per heavy atom. The predicted octanol–water partition coefficient (Wildman–Crippen LogP) is 5.66. The Morgan fingerprint density at radius 2 is 1.53 bits per heavy atom. The molecule has 0 aliphatic heterocycles. The molecule has 108 valence electrons. The number of rotatable bonds is 5. The van der Waals surface area contributed by atoms with Gasteiger partial charge in [-0.05, 0) is 50.5 Å². The average molecular weight is 261 g/mol. The van der Waals surface area contributed by atoms with Crippen molar-refractivity contribution in [1.82, 2.24) is 0 Å². The molecule has 0 atom stereocenters. The van der Waals surface area contributed by atoms with Crippen molar-refractivity contribution in [2.45, 2.75) is 60.8 Å². The van der Waals surface area contributed by atoms with Gasteiger partial charge in [-0.25, -0.2) is 0 Å². The molecule has 0 radical (unpaired) electrons. The molecule has 0 spiro atoms. The molecule has 1 rings (SSSR count). The summed E-state index contributed by atoms with van der Waals surface area (Å²) in [7, 11) is 0. The zero-order valence-electron chi connectivity index (χ0n) is 13.6. The quantitative estimate of drug-likeness (QED) is 0.662. The monoisotopic (exact) mass is 261 g/mol. The Kier molecular flexibility index (Phi) is 9.20. The fourth-order valence-corrected chi connectivity index (χ4v) is 1.70. The van der Waals surface area contributed by atoms with Gasteiger partial charge in [0.25, 0.3) is 0 Å². The maximum atomic E-state index is 7.09. The van der Waals surface area contributed by atoms with E-state index >= 15 is 0 Å². The predicted molar refractivity (Wildman–Crippen MR) is 87.2 cm³/mol. The van der Waals surface area contributed by atoms with Crippen LogP contribution in [0.15, 0.2) is 24.3 Å². The van der Waals surface area contributed by atoms with Gasteiger partial charge >= 0.3 is 0 Å². The van der Waals surface area contributed by atoms with Crippen molar-refractivity contribution in [3.63, 3.8) is 0 Å². The minimum absolute atomic E-state index is 0.746.